The molecule has 0 aromatic rings. The molecule has 0 saturated carbocycles. The zero-order valence-corrected chi connectivity index (χ0v) is 61.8. The van der Waals surface area contributed by atoms with Crippen LogP contribution in [0.15, 0.2) is 109 Å². The van der Waals surface area contributed by atoms with Crippen LogP contribution in [0.25, 0.3) is 0 Å². The number of allylic oxidation sites excluding steroid dienone is 18. The lowest BCUT2D eigenvalue weighted by Gasteiger charge is -2.21. The predicted octanol–water partition coefficient (Wildman–Crippen LogP) is 21.0. The molecule has 0 radical (unpaired) electrons. The van der Waals surface area contributed by atoms with E-state index in [1.165, 1.54) is 44.9 Å². The number of carbonyl (C=O) groups is 4. The largest absolute Gasteiger partial charge is 0.472 e. The fourth-order valence-electron chi connectivity index (χ4n) is 9.51. The lowest BCUT2D eigenvalue weighted by Crippen LogP contribution is -2.30. The monoisotopic (exact) mass is 1390 g/mol. The summed E-state index contributed by atoms with van der Waals surface area (Å²) in [5, 5.41) is 10.6. The number of unbranched alkanes of at least 4 members (excludes halogenated alkanes) is 25. The summed E-state index contributed by atoms with van der Waals surface area (Å²) in [4.78, 5) is 72.7. The quantitative estimate of drug-likeness (QED) is 0.0169. The number of aliphatic hydroxyl groups excluding tert-OH is 1. The minimum Gasteiger partial charge on any atom is -0.462 e. The Morgan fingerprint density at radius 2 is 0.562 bits per heavy atom. The maximum absolute atomic E-state index is 13.1. The molecule has 0 spiro atoms. The van der Waals surface area contributed by atoms with Crippen molar-refractivity contribution < 1.29 is 80.2 Å². The molecule has 5 atom stereocenters. The SMILES string of the molecule is CC/C=C\C/C=C\C/C=C\C/C=C\CCCCC(=O)OCC(COP(=O)(O)OCC(O)COP(=O)(O)OCC(COC(=O)CCCCCCC/C=C\C/C=C\CCCCC)OC(=O)CCCCCCC/C=C\C/C=C\CCC)OC(=O)CCCCCCC/C=C\CCCCCC. The van der Waals surface area contributed by atoms with Crippen LogP contribution in [-0.2, 0) is 65.4 Å². The highest BCUT2D eigenvalue weighted by molar-refractivity contribution is 7.47. The van der Waals surface area contributed by atoms with E-state index in [0.717, 1.165) is 173 Å². The molecule has 96 heavy (non-hydrogen) atoms. The smallest absolute Gasteiger partial charge is 0.462 e. The first-order valence-electron chi connectivity index (χ1n) is 37.1. The first-order chi connectivity index (χ1) is 46.7. The first-order valence-corrected chi connectivity index (χ1v) is 40.1. The molecular weight excluding hydrogens is 1260 g/mol. The fraction of sp³-hybridized carbons (Fsp3) is 0.714. The Morgan fingerprint density at radius 3 is 0.927 bits per heavy atom. The van der Waals surface area contributed by atoms with Gasteiger partial charge in [-0.15, -0.1) is 0 Å². The van der Waals surface area contributed by atoms with Gasteiger partial charge < -0.3 is 33.8 Å². The molecule has 3 N–H and O–H groups in total. The topological polar surface area (TPSA) is 237 Å². The van der Waals surface area contributed by atoms with Gasteiger partial charge in [0.1, 0.15) is 19.3 Å². The van der Waals surface area contributed by atoms with Crippen LogP contribution in [0.5, 0.6) is 0 Å². The van der Waals surface area contributed by atoms with Gasteiger partial charge in [-0.05, 0) is 148 Å². The summed E-state index contributed by atoms with van der Waals surface area (Å²) in [7, 11) is -9.96. The van der Waals surface area contributed by atoms with Crippen molar-refractivity contribution in [3.05, 3.63) is 109 Å². The van der Waals surface area contributed by atoms with Gasteiger partial charge in [-0.2, -0.15) is 0 Å². The van der Waals surface area contributed by atoms with E-state index >= 15 is 0 Å². The van der Waals surface area contributed by atoms with Crippen LogP contribution in [0.3, 0.4) is 0 Å². The van der Waals surface area contributed by atoms with Crippen LogP contribution < -0.4 is 0 Å². The Morgan fingerprint density at radius 1 is 0.302 bits per heavy atom. The fourth-order valence-corrected chi connectivity index (χ4v) is 11.1. The van der Waals surface area contributed by atoms with Crippen LogP contribution >= 0.6 is 15.6 Å². The lowest BCUT2D eigenvalue weighted by molar-refractivity contribution is -0.161. The molecule has 552 valence electrons. The standard InChI is InChI=1S/C77H132O17P2/c1-5-9-13-17-21-25-29-33-35-39-41-45-49-53-57-61-74(79)87-67-72(93-76(81)63-59-55-51-47-43-37-31-27-23-19-15-11-7-3)69-91-95(83,84)89-65-71(78)66-90-96(85,86)92-70-73(94-77(82)64-60-56-52-48-44-38-32-28-24-20-16-12-8-4)68-88-75(80)62-58-54-50-46-42-40-36-34-30-26-22-18-14-10-6-2/h9,13,16,20-22,25-28,31-36,41,45,71-73,78H,5-8,10-12,14-15,17-19,23-24,29-30,37-40,42-44,46-70H2,1-4H3,(H,83,84)(H,85,86)/b13-9-,20-16-,25-21-,26-22-,31-27-,32-28-,35-33-,36-34-,45-41-. The molecule has 19 heteroatoms. The maximum atomic E-state index is 13.1. The second-order valence-corrected chi connectivity index (χ2v) is 27.4. The van der Waals surface area contributed by atoms with E-state index in [4.69, 9.17) is 37.0 Å². The molecule has 0 saturated heterocycles. The van der Waals surface area contributed by atoms with Crippen LogP contribution in [0.4, 0.5) is 0 Å². The number of phosphoric acid groups is 2. The number of phosphoric ester groups is 2. The molecule has 5 unspecified atom stereocenters. The van der Waals surface area contributed by atoms with Gasteiger partial charge in [0.2, 0.25) is 0 Å². The van der Waals surface area contributed by atoms with E-state index in [1.54, 1.807) is 0 Å². The highest BCUT2D eigenvalue weighted by atomic mass is 31.2. The highest BCUT2D eigenvalue weighted by Gasteiger charge is 2.30. The Balaban J connectivity index is 5.39. The highest BCUT2D eigenvalue weighted by Crippen LogP contribution is 2.45. The molecule has 0 amide bonds. The predicted molar refractivity (Wildman–Crippen MR) is 390 cm³/mol. The summed E-state index contributed by atoms with van der Waals surface area (Å²) in [6.07, 6.45) is 72.3. The summed E-state index contributed by atoms with van der Waals surface area (Å²) in [5.74, 6) is -2.26. The third-order valence-corrected chi connectivity index (χ3v) is 17.1. The van der Waals surface area contributed by atoms with Gasteiger partial charge in [0.25, 0.3) is 0 Å². The van der Waals surface area contributed by atoms with Crippen molar-refractivity contribution in [2.75, 3.05) is 39.6 Å². The maximum Gasteiger partial charge on any atom is 0.472 e. The van der Waals surface area contributed by atoms with Crippen molar-refractivity contribution in [2.45, 2.75) is 316 Å². The van der Waals surface area contributed by atoms with E-state index in [0.29, 0.717) is 25.7 Å². The molecule has 0 aliphatic rings. The lowest BCUT2D eigenvalue weighted by atomic mass is 10.1. The molecule has 0 rings (SSSR count). The summed E-state index contributed by atoms with van der Waals surface area (Å²) in [6.45, 7) is 4.56. The number of aliphatic hydroxyl groups is 1. The summed E-state index contributed by atoms with van der Waals surface area (Å²) in [5.41, 5.74) is 0. The van der Waals surface area contributed by atoms with Crippen molar-refractivity contribution in [2.24, 2.45) is 0 Å². The molecule has 0 aliphatic heterocycles. The van der Waals surface area contributed by atoms with Gasteiger partial charge in [0.15, 0.2) is 12.2 Å². The molecule has 0 fully saturated rings. The van der Waals surface area contributed by atoms with E-state index in [9.17, 15) is 43.2 Å². The molecule has 0 aromatic heterocycles. The van der Waals surface area contributed by atoms with Crippen molar-refractivity contribution in [3.8, 4) is 0 Å². The Labute approximate surface area is 581 Å². The molecule has 17 nitrogen and oxygen atoms in total. The van der Waals surface area contributed by atoms with Crippen molar-refractivity contribution in [3.63, 3.8) is 0 Å². The van der Waals surface area contributed by atoms with Crippen LogP contribution in [0.1, 0.15) is 297 Å². The van der Waals surface area contributed by atoms with Crippen LogP contribution in [0, 0.1) is 0 Å². The number of carbonyl (C=O) groups excluding carboxylic acids is 4. The third-order valence-electron chi connectivity index (χ3n) is 15.2. The van der Waals surface area contributed by atoms with Crippen LogP contribution in [-0.4, -0.2) is 96.7 Å². The molecule has 0 bridgehead atoms. The van der Waals surface area contributed by atoms with Gasteiger partial charge in [-0.1, -0.05) is 233 Å². The third kappa shape index (κ3) is 68.3. The van der Waals surface area contributed by atoms with Gasteiger partial charge >= 0.3 is 39.5 Å². The van der Waals surface area contributed by atoms with E-state index in [1.807, 2.05) is 0 Å². The number of rotatable bonds is 69. The molecule has 0 aromatic carbocycles. The van der Waals surface area contributed by atoms with E-state index < -0.39 is 97.5 Å². The normalized spacial score (nSPS) is 14.6. The Hall–Kier alpha value is -4.28. The van der Waals surface area contributed by atoms with E-state index in [2.05, 4.69) is 137 Å². The molecule has 0 aliphatic carbocycles. The number of ether oxygens (including phenoxy) is 4. The minimum atomic E-state index is -4.98. The number of hydrogen-bond donors (Lipinski definition) is 3. The summed E-state index contributed by atoms with van der Waals surface area (Å²) < 4.78 is 68.3. The zero-order valence-electron chi connectivity index (χ0n) is 60.0. The second-order valence-electron chi connectivity index (χ2n) is 24.5. The average molecular weight is 1390 g/mol. The first kappa shape index (κ1) is 91.7. The molecule has 0 heterocycles. The number of hydrogen-bond acceptors (Lipinski definition) is 15. The average Bonchev–Trinajstić information content (AvgIpc) is 1.14. The van der Waals surface area contributed by atoms with Crippen molar-refractivity contribution in [1.29, 1.82) is 0 Å². The second kappa shape index (κ2) is 69.2. The van der Waals surface area contributed by atoms with E-state index in [-0.39, 0.29) is 25.7 Å². The van der Waals surface area contributed by atoms with Gasteiger partial charge in [-0.3, -0.25) is 37.3 Å². The summed E-state index contributed by atoms with van der Waals surface area (Å²) >= 11 is 0. The Bertz CT molecular complexity index is 2250. The summed E-state index contributed by atoms with van der Waals surface area (Å²) in [6, 6.07) is 0. The Kier molecular flexibility index (Phi) is 66.1. The number of esters is 4. The minimum absolute atomic E-state index is 0.0737. The van der Waals surface area contributed by atoms with Crippen molar-refractivity contribution in [1.82, 2.24) is 0 Å². The van der Waals surface area contributed by atoms with Gasteiger partial charge in [-0.25, -0.2) is 9.13 Å². The zero-order chi connectivity index (χ0) is 70.4. The van der Waals surface area contributed by atoms with Crippen LogP contribution in [0.2, 0.25) is 0 Å². The van der Waals surface area contributed by atoms with Gasteiger partial charge in [0.05, 0.1) is 26.4 Å². The van der Waals surface area contributed by atoms with Crippen molar-refractivity contribution >= 4 is 39.5 Å². The van der Waals surface area contributed by atoms with Gasteiger partial charge in [0, 0.05) is 25.7 Å². The molecular formula is C77H132O17P2.